The van der Waals surface area contributed by atoms with Crippen LogP contribution in [0.2, 0.25) is 5.02 Å². The summed E-state index contributed by atoms with van der Waals surface area (Å²) < 4.78 is 4.70. The maximum absolute atomic E-state index is 11.4. The number of hydrogen-bond acceptors (Lipinski definition) is 3. The number of nitrogens with zero attached hydrogens (tertiary/aromatic N) is 2. The lowest BCUT2D eigenvalue weighted by Crippen LogP contribution is -2.41. The Bertz CT molecular complexity index is 488. The monoisotopic (exact) mass is 311 g/mol. The molecular formula is C15H22ClN3O2. The van der Waals surface area contributed by atoms with E-state index in [9.17, 15) is 4.79 Å². The second kappa shape index (κ2) is 8.52. The van der Waals surface area contributed by atoms with Crippen molar-refractivity contribution < 1.29 is 9.53 Å². The molecule has 0 radical (unpaired) electrons. The summed E-state index contributed by atoms with van der Waals surface area (Å²) in [6.07, 6.45) is 0. The molecule has 1 unspecified atom stereocenters. The molecule has 1 rings (SSSR count). The Kier molecular flexibility index (Phi) is 7.02. The van der Waals surface area contributed by atoms with E-state index < -0.39 is 0 Å². The van der Waals surface area contributed by atoms with Crippen molar-refractivity contribution in [3.63, 3.8) is 0 Å². The average Bonchev–Trinajstić information content (AvgIpc) is 2.49. The minimum Gasteiger partial charge on any atom is -0.469 e. The summed E-state index contributed by atoms with van der Waals surface area (Å²) in [7, 11) is 5.04. The molecule has 1 aromatic carbocycles. The highest BCUT2D eigenvalue weighted by Crippen LogP contribution is 2.11. The fourth-order valence-corrected chi connectivity index (χ4v) is 1.98. The number of methoxy groups -OCH3 is 1. The summed E-state index contributed by atoms with van der Waals surface area (Å²) in [6, 6.07) is 7.67. The molecule has 116 valence electrons. The highest BCUT2D eigenvalue weighted by Gasteiger charge is 2.14. The lowest BCUT2D eigenvalue weighted by Gasteiger charge is -2.23. The quantitative estimate of drug-likeness (QED) is 0.514. The minimum absolute atomic E-state index is 0.226. The van der Waals surface area contributed by atoms with Crippen LogP contribution in [0.5, 0.6) is 0 Å². The molecule has 1 N–H and O–H groups in total. The first kappa shape index (κ1) is 17.3. The first-order chi connectivity index (χ1) is 9.97. The van der Waals surface area contributed by atoms with Crippen LogP contribution in [-0.4, -0.2) is 44.6 Å². The van der Waals surface area contributed by atoms with E-state index in [-0.39, 0.29) is 11.9 Å². The number of nitrogens with one attached hydrogen (secondary N) is 1. The lowest BCUT2D eigenvalue weighted by atomic mass is 10.2. The van der Waals surface area contributed by atoms with Crippen LogP contribution in [0.3, 0.4) is 0 Å². The van der Waals surface area contributed by atoms with Gasteiger partial charge in [-0.05, 0) is 17.7 Å². The minimum atomic E-state index is -0.238. The highest BCUT2D eigenvalue weighted by atomic mass is 35.5. The molecule has 0 aromatic heterocycles. The molecule has 21 heavy (non-hydrogen) atoms. The first-order valence-corrected chi connectivity index (χ1v) is 7.09. The molecule has 5 nitrogen and oxygen atoms in total. The molecule has 0 fully saturated rings. The number of halogens is 1. The molecular weight excluding hydrogens is 290 g/mol. The summed E-state index contributed by atoms with van der Waals surface area (Å²) in [6.45, 7) is 2.99. The summed E-state index contributed by atoms with van der Waals surface area (Å²) in [4.78, 5) is 17.6. The van der Waals surface area contributed by atoms with Crippen molar-refractivity contribution >= 4 is 23.5 Å². The third kappa shape index (κ3) is 5.63. The zero-order valence-electron chi connectivity index (χ0n) is 12.9. The van der Waals surface area contributed by atoms with Gasteiger partial charge >= 0.3 is 5.97 Å². The molecule has 0 amide bonds. The third-order valence-corrected chi connectivity index (χ3v) is 3.33. The van der Waals surface area contributed by atoms with Crippen LogP contribution in [0.25, 0.3) is 0 Å². The van der Waals surface area contributed by atoms with Crippen LogP contribution < -0.4 is 5.32 Å². The zero-order valence-corrected chi connectivity index (χ0v) is 13.6. The topological polar surface area (TPSA) is 53.9 Å². The molecule has 0 saturated heterocycles. The molecule has 0 aliphatic heterocycles. The molecule has 1 atom stereocenters. The summed E-state index contributed by atoms with van der Waals surface area (Å²) >= 11 is 5.87. The largest absolute Gasteiger partial charge is 0.469 e. The van der Waals surface area contributed by atoms with Crippen LogP contribution in [0, 0.1) is 5.92 Å². The molecule has 0 aliphatic rings. The van der Waals surface area contributed by atoms with Crippen LogP contribution in [0.15, 0.2) is 29.3 Å². The van der Waals surface area contributed by atoms with Crippen molar-refractivity contribution in [2.45, 2.75) is 13.5 Å². The van der Waals surface area contributed by atoms with E-state index in [1.165, 1.54) is 7.11 Å². The number of aliphatic imine (C=N–C) groups is 1. The number of rotatable bonds is 5. The Hall–Kier alpha value is -1.75. The average molecular weight is 312 g/mol. The van der Waals surface area contributed by atoms with Crippen molar-refractivity contribution in [2.75, 3.05) is 27.7 Å². The maximum Gasteiger partial charge on any atom is 0.310 e. The van der Waals surface area contributed by atoms with E-state index in [4.69, 9.17) is 16.3 Å². The molecule has 0 bridgehead atoms. The number of hydrogen-bond donors (Lipinski definition) is 1. The normalized spacial score (nSPS) is 12.7. The number of benzene rings is 1. The van der Waals surface area contributed by atoms with E-state index in [2.05, 4.69) is 10.3 Å². The number of carbonyl (C=O) groups is 1. The Morgan fingerprint density at radius 1 is 1.43 bits per heavy atom. The van der Waals surface area contributed by atoms with Gasteiger partial charge in [0.15, 0.2) is 5.96 Å². The number of esters is 1. The van der Waals surface area contributed by atoms with Gasteiger partial charge in [-0.15, -0.1) is 0 Å². The van der Waals surface area contributed by atoms with Gasteiger partial charge in [-0.3, -0.25) is 9.79 Å². The zero-order chi connectivity index (χ0) is 15.8. The van der Waals surface area contributed by atoms with Crippen LogP contribution in [0.1, 0.15) is 12.5 Å². The summed E-state index contributed by atoms with van der Waals surface area (Å²) in [5.41, 5.74) is 1.13. The second-order valence-electron chi connectivity index (χ2n) is 4.83. The van der Waals surface area contributed by atoms with E-state index in [0.29, 0.717) is 13.1 Å². The Balaban J connectivity index is 2.55. The van der Waals surface area contributed by atoms with Gasteiger partial charge in [-0.2, -0.15) is 0 Å². The predicted octanol–water partition coefficient (Wildman–Crippen LogP) is 2.16. The maximum atomic E-state index is 11.4. The van der Waals surface area contributed by atoms with E-state index in [1.54, 1.807) is 7.05 Å². The SMILES string of the molecule is CN=C(NCC(C)C(=O)OC)N(C)Cc1ccc(Cl)cc1. The van der Waals surface area contributed by atoms with Crippen LogP contribution >= 0.6 is 11.6 Å². The number of carbonyl (C=O) groups excluding carboxylic acids is 1. The van der Waals surface area contributed by atoms with E-state index in [1.807, 2.05) is 43.1 Å². The highest BCUT2D eigenvalue weighted by molar-refractivity contribution is 6.30. The van der Waals surface area contributed by atoms with Gasteiger partial charge < -0.3 is 15.0 Å². The lowest BCUT2D eigenvalue weighted by molar-refractivity contribution is -0.144. The third-order valence-electron chi connectivity index (χ3n) is 3.08. The Labute approximate surface area is 130 Å². The van der Waals surface area contributed by atoms with Crippen molar-refractivity contribution in [1.29, 1.82) is 0 Å². The number of guanidine groups is 1. The van der Waals surface area contributed by atoms with Crippen molar-refractivity contribution in [2.24, 2.45) is 10.9 Å². The van der Waals surface area contributed by atoms with Gasteiger partial charge in [-0.1, -0.05) is 30.7 Å². The number of ether oxygens (including phenoxy) is 1. The summed E-state index contributed by atoms with van der Waals surface area (Å²) in [5.74, 6) is 0.259. The molecule has 1 aromatic rings. The van der Waals surface area contributed by atoms with Gasteiger partial charge in [-0.25, -0.2) is 0 Å². The predicted molar refractivity (Wildman–Crippen MR) is 85.5 cm³/mol. The van der Waals surface area contributed by atoms with Crippen molar-refractivity contribution in [3.8, 4) is 0 Å². The smallest absolute Gasteiger partial charge is 0.310 e. The van der Waals surface area contributed by atoms with Gasteiger partial charge in [0.05, 0.1) is 13.0 Å². The van der Waals surface area contributed by atoms with Crippen molar-refractivity contribution in [1.82, 2.24) is 10.2 Å². The fourth-order valence-electron chi connectivity index (χ4n) is 1.85. The van der Waals surface area contributed by atoms with Crippen LogP contribution in [0.4, 0.5) is 0 Å². The van der Waals surface area contributed by atoms with Crippen molar-refractivity contribution in [3.05, 3.63) is 34.9 Å². The molecule has 0 saturated carbocycles. The fraction of sp³-hybridized carbons (Fsp3) is 0.467. The van der Waals surface area contributed by atoms with Gasteiger partial charge in [0.25, 0.3) is 0 Å². The molecule has 6 heteroatoms. The molecule has 0 aliphatic carbocycles. The van der Waals surface area contributed by atoms with E-state index in [0.717, 1.165) is 16.5 Å². The Morgan fingerprint density at radius 2 is 2.05 bits per heavy atom. The molecule has 0 heterocycles. The standard InChI is InChI=1S/C15H22ClN3O2/c1-11(14(20)21-4)9-18-15(17-2)19(3)10-12-5-7-13(16)8-6-12/h5-8,11H,9-10H2,1-4H3,(H,17,18). The van der Waals surface area contributed by atoms with Gasteiger partial charge in [0.2, 0.25) is 0 Å². The van der Waals surface area contributed by atoms with Crippen LogP contribution in [-0.2, 0) is 16.1 Å². The summed E-state index contributed by atoms with van der Waals surface area (Å²) in [5, 5.41) is 3.88. The molecule has 0 spiro atoms. The Morgan fingerprint density at radius 3 is 2.57 bits per heavy atom. The first-order valence-electron chi connectivity index (χ1n) is 6.72. The second-order valence-corrected chi connectivity index (χ2v) is 5.27. The van der Waals surface area contributed by atoms with Gasteiger partial charge in [0.1, 0.15) is 0 Å². The van der Waals surface area contributed by atoms with Gasteiger partial charge in [0, 0.05) is 32.2 Å². The van der Waals surface area contributed by atoms with E-state index >= 15 is 0 Å².